The van der Waals surface area contributed by atoms with Gasteiger partial charge in [0.1, 0.15) is 23.9 Å². The van der Waals surface area contributed by atoms with E-state index in [0.717, 1.165) is 40.9 Å². The van der Waals surface area contributed by atoms with Crippen LogP contribution < -0.4 is 15.4 Å². The molecule has 1 aromatic heterocycles. The minimum Gasteiger partial charge on any atom is -0.495 e. The Morgan fingerprint density at radius 2 is 1.95 bits per heavy atom. The number of hydrogen-bond donors (Lipinski definition) is 2. The van der Waals surface area contributed by atoms with Crippen molar-refractivity contribution in [1.29, 1.82) is 0 Å². The second-order valence-corrected chi connectivity index (χ2v) is 10.9. The smallest absolute Gasteiger partial charge is 0.326 e. The minimum absolute atomic E-state index is 0.00299. The molecule has 1 fully saturated rings. The molecule has 2 aromatic carbocycles. The van der Waals surface area contributed by atoms with E-state index in [4.69, 9.17) is 13.9 Å². The number of esters is 1. The Morgan fingerprint density at radius 1 is 1.12 bits per heavy atom. The lowest BCUT2D eigenvalue weighted by Gasteiger charge is -2.36. The summed E-state index contributed by atoms with van der Waals surface area (Å²) in [5, 5.41) is 6.00. The van der Waals surface area contributed by atoms with Crippen molar-refractivity contribution in [1.82, 2.24) is 15.1 Å². The molecule has 5 rings (SSSR count). The van der Waals surface area contributed by atoms with Gasteiger partial charge in [0, 0.05) is 19.6 Å². The number of rotatable bonds is 10. The molecule has 1 aliphatic carbocycles. The number of likely N-dealkylation sites (N-methyl/N-ethyl adjacent to an activating group) is 2. The third-order valence-corrected chi connectivity index (χ3v) is 7.85. The molecule has 1 aliphatic heterocycles. The van der Waals surface area contributed by atoms with Gasteiger partial charge in [0.2, 0.25) is 5.91 Å². The van der Waals surface area contributed by atoms with Crippen molar-refractivity contribution in [3.63, 3.8) is 0 Å². The first kappa shape index (κ1) is 30.1. The number of halogens is 1. The highest BCUT2D eigenvalue weighted by molar-refractivity contribution is 6.08. The number of anilines is 1. The molecule has 2 aliphatic rings. The highest BCUT2D eigenvalue weighted by Crippen LogP contribution is 2.44. The van der Waals surface area contributed by atoms with E-state index in [2.05, 4.69) is 15.5 Å². The average molecular weight is 589 g/mol. The van der Waals surface area contributed by atoms with Gasteiger partial charge in [-0.25, -0.2) is 4.39 Å². The number of carbonyl (C=O) groups excluding carboxylic acids is 2. The molecule has 2 N–H and O–H groups in total. The SMILES string of the molecule is COc1cc(C=C2C(C)=C(CC(=O)NCc3ccco3)c3cc(F)ccc32)ccc1NCC(=O)OC1CN(C)CCN1C. The number of allylic oxidation sites excluding steroid dienone is 2. The van der Waals surface area contributed by atoms with E-state index in [0.29, 0.717) is 29.3 Å². The van der Waals surface area contributed by atoms with Gasteiger partial charge in [0.25, 0.3) is 0 Å². The third kappa shape index (κ3) is 7.15. The van der Waals surface area contributed by atoms with Crippen LogP contribution in [0, 0.1) is 5.82 Å². The van der Waals surface area contributed by atoms with Crippen LogP contribution in [0.5, 0.6) is 5.75 Å². The van der Waals surface area contributed by atoms with E-state index >= 15 is 0 Å². The van der Waals surface area contributed by atoms with Gasteiger partial charge >= 0.3 is 5.97 Å². The number of hydrogen-bond acceptors (Lipinski definition) is 8. The van der Waals surface area contributed by atoms with Crippen molar-refractivity contribution in [2.75, 3.05) is 52.7 Å². The average Bonchev–Trinajstić information content (AvgIpc) is 3.60. The van der Waals surface area contributed by atoms with Gasteiger partial charge in [-0.3, -0.25) is 14.5 Å². The maximum atomic E-state index is 14.3. The number of amides is 1. The maximum absolute atomic E-state index is 14.3. The van der Waals surface area contributed by atoms with Gasteiger partial charge in [0.05, 0.1) is 32.0 Å². The molecule has 1 saturated heterocycles. The summed E-state index contributed by atoms with van der Waals surface area (Å²) < 4.78 is 30.9. The molecule has 0 radical (unpaired) electrons. The molecule has 1 amide bonds. The van der Waals surface area contributed by atoms with Crippen molar-refractivity contribution in [3.8, 4) is 5.75 Å². The van der Waals surface area contributed by atoms with Crippen LogP contribution in [0.4, 0.5) is 10.1 Å². The zero-order chi connectivity index (χ0) is 30.5. The summed E-state index contributed by atoms with van der Waals surface area (Å²) in [6.45, 7) is 4.65. The Balaban J connectivity index is 1.31. The first-order chi connectivity index (χ1) is 20.7. The first-order valence-electron chi connectivity index (χ1n) is 14.2. The normalized spacial score (nSPS) is 18.1. The first-order valence-corrected chi connectivity index (χ1v) is 14.2. The van der Waals surface area contributed by atoms with Crippen LogP contribution in [0.1, 0.15) is 35.8 Å². The number of benzene rings is 2. The molecule has 10 heteroatoms. The summed E-state index contributed by atoms with van der Waals surface area (Å²) in [6, 6.07) is 13.8. The van der Waals surface area contributed by atoms with Gasteiger partial charge in [-0.1, -0.05) is 12.1 Å². The summed E-state index contributed by atoms with van der Waals surface area (Å²) in [6.07, 6.45) is 3.38. The largest absolute Gasteiger partial charge is 0.495 e. The molecule has 9 nitrogen and oxygen atoms in total. The summed E-state index contributed by atoms with van der Waals surface area (Å²) in [7, 11) is 5.53. The van der Waals surface area contributed by atoms with E-state index in [1.165, 1.54) is 12.1 Å². The highest BCUT2D eigenvalue weighted by atomic mass is 19.1. The Kier molecular flexibility index (Phi) is 9.27. The molecule has 1 atom stereocenters. The van der Waals surface area contributed by atoms with Crippen LogP contribution in [-0.2, 0) is 20.9 Å². The molecule has 0 saturated carbocycles. The van der Waals surface area contributed by atoms with E-state index in [-0.39, 0.29) is 43.4 Å². The van der Waals surface area contributed by atoms with Crippen molar-refractivity contribution in [2.45, 2.75) is 26.1 Å². The van der Waals surface area contributed by atoms with Crippen molar-refractivity contribution in [3.05, 3.63) is 88.6 Å². The molecule has 43 heavy (non-hydrogen) atoms. The van der Waals surface area contributed by atoms with E-state index in [1.54, 1.807) is 31.6 Å². The fourth-order valence-electron chi connectivity index (χ4n) is 5.37. The van der Waals surface area contributed by atoms with Crippen LogP contribution in [-0.4, -0.2) is 75.3 Å². The van der Waals surface area contributed by atoms with Crippen molar-refractivity contribution < 1.29 is 27.9 Å². The fourth-order valence-corrected chi connectivity index (χ4v) is 5.37. The molecule has 0 bridgehead atoms. The molecule has 0 spiro atoms. The fraction of sp³-hybridized carbons (Fsp3) is 0.333. The molecular formula is C33H37FN4O5. The third-order valence-electron chi connectivity index (χ3n) is 7.85. The van der Waals surface area contributed by atoms with Crippen LogP contribution in [0.15, 0.2) is 64.8 Å². The lowest BCUT2D eigenvalue weighted by Crippen LogP contribution is -2.52. The van der Waals surface area contributed by atoms with Gasteiger partial charge in [-0.2, -0.15) is 0 Å². The number of furan rings is 1. The second kappa shape index (κ2) is 13.3. The Labute approximate surface area is 250 Å². The van der Waals surface area contributed by atoms with Crippen molar-refractivity contribution >= 4 is 34.8 Å². The van der Waals surface area contributed by atoms with E-state index < -0.39 is 0 Å². The predicted octanol–water partition coefficient (Wildman–Crippen LogP) is 4.62. The van der Waals surface area contributed by atoms with E-state index in [9.17, 15) is 14.0 Å². The van der Waals surface area contributed by atoms with E-state index in [1.807, 2.05) is 50.2 Å². The number of nitrogens with zero attached hydrogens (tertiary/aromatic N) is 2. The number of nitrogens with one attached hydrogen (secondary N) is 2. The van der Waals surface area contributed by atoms with Crippen molar-refractivity contribution in [2.24, 2.45) is 0 Å². The van der Waals surface area contributed by atoms with Crippen LogP contribution >= 0.6 is 0 Å². The number of methoxy groups -OCH3 is 1. The van der Waals surface area contributed by atoms with Gasteiger partial charge < -0.3 is 29.4 Å². The summed E-state index contributed by atoms with van der Waals surface area (Å²) in [5.74, 6) is 0.329. The monoisotopic (exact) mass is 588 g/mol. The van der Waals surface area contributed by atoms with Gasteiger partial charge in [0.15, 0.2) is 6.23 Å². The summed E-state index contributed by atoms with van der Waals surface area (Å²) in [4.78, 5) is 29.6. The number of carbonyl (C=O) groups is 2. The molecule has 226 valence electrons. The highest BCUT2D eigenvalue weighted by Gasteiger charge is 2.27. The second-order valence-electron chi connectivity index (χ2n) is 10.9. The lowest BCUT2D eigenvalue weighted by molar-refractivity contribution is -0.160. The molecule has 3 aromatic rings. The lowest BCUT2D eigenvalue weighted by atomic mass is 10.00. The standard InChI is InChI=1S/C33H37FN4O5/c1-21-26(25-9-8-23(34)16-28(25)27(21)17-31(39)36-18-24-6-5-13-42-24)14-22-7-10-29(30(15-22)41-4)35-19-33(40)43-32-20-37(2)11-12-38(32)3/h5-10,13-16,32,35H,11-12,17-20H2,1-4H3,(H,36,39). The molecule has 2 heterocycles. The summed E-state index contributed by atoms with van der Waals surface area (Å²) in [5.41, 5.74) is 5.64. The molecular weight excluding hydrogens is 551 g/mol. The zero-order valence-corrected chi connectivity index (χ0v) is 24.9. The maximum Gasteiger partial charge on any atom is 0.326 e. The van der Waals surface area contributed by atoms with Crippen LogP contribution in [0.3, 0.4) is 0 Å². The van der Waals surface area contributed by atoms with Crippen LogP contribution in [0.2, 0.25) is 0 Å². The summed E-state index contributed by atoms with van der Waals surface area (Å²) >= 11 is 0. The number of fused-ring (bicyclic) bond motifs is 1. The quantitative estimate of drug-likeness (QED) is 0.332. The molecule has 1 unspecified atom stereocenters. The Hall–Kier alpha value is -4.41. The Morgan fingerprint density at radius 3 is 2.72 bits per heavy atom. The number of piperazine rings is 1. The van der Waals surface area contributed by atoms with Gasteiger partial charge in [-0.05, 0) is 96.9 Å². The van der Waals surface area contributed by atoms with Crippen LogP contribution in [0.25, 0.3) is 17.2 Å². The minimum atomic E-state index is -0.362. The van der Waals surface area contributed by atoms with Gasteiger partial charge in [-0.15, -0.1) is 0 Å². The predicted molar refractivity (Wildman–Crippen MR) is 164 cm³/mol. The topological polar surface area (TPSA) is 96.3 Å². The Bertz CT molecular complexity index is 1550. The number of ether oxygens (including phenoxy) is 2. The zero-order valence-electron chi connectivity index (χ0n) is 24.9.